The summed E-state index contributed by atoms with van der Waals surface area (Å²) in [6.07, 6.45) is -5.33. The van der Waals surface area contributed by atoms with Crippen LogP contribution in [-0.4, -0.2) is 36.4 Å². The van der Waals surface area contributed by atoms with Crippen LogP contribution in [0.25, 0.3) is 0 Å². The largest absolute Gasteiger partial charge is 0.456 e. The SMILES string of the molecule is C=CC(=O)OCC1(F)OC(F)(F)C(F)(F)C1(F)F. The van der Waals surface area contributed by atoms with Crippen molar-refractivity contribution in [3.63, 3.8) is 0 Å². The van der Waals surface area contributed by atoms with Crippen LogP contribution < -0.4 is 0 Å². The van der Waals surface area contributed by atoms with Crippen LogP contribution >= 0.6 is 0 Å². The molecule has 0 bridgehead atoms. The predicted octanol–water partition coefficient (Wildman–Crippen LogP) is 2.28. The first-order chi connectivity index (χ1) is 7.91. The van der Waals surface area contributed by atoms with Crippen molar-refractivity contribution in [2.45, 2.75) is 23.8 Å². The fourth-order valence-corrected chi connectivity index (χ4v) is 1.09. The van der Waals surface area contributed by atoms with Crippen LogP contribution in [0, 0.1) is 0 Å². The highest BCUT2D eigenvalue weighted by atomic mass is 19.4. The van der Waals surface area contributed by atoms with Gasteiger partial charge in [0.25, 0.3) is 0 Å². The van der Waals surface area contributed by atoms with Crippen molar-refractivity contribution >= 4 is 5.97 Å². The Morgan fingerprint density at radius 3 is 1.94 bits per heavy atom. The average molecular weight is 282 g/mol. The Morgan fingerprint density at radius 1 is 1.11 bits per heavy atom. The van der Waals surface area contributed by atoms with Gasteiger partial charge in [0.1, 0.15) is 0 Å². The molecule has 0 spiro atoms. The molecule has 1 heterocycles. The van der Waals surface area contributed by atoms with Crippen molar-refractivity contribution in [1.29, 1.82) is 0 Å². The maximum absolute atomic E-state index is 13.3. The monoisotopic (exact) mass is 282 g/mol. The Balaban J connectivity index is 3.03. The lowest BCUT2D eigenvalue weighted by molar-refractivity contribution is -0.340. The number of hydrogen-bond donors (Lipinski definition) is 0. The Kier molecular flexibility index (Phi) is 3.14. The van der Waals surface area contributed by atoms with E-state index in [0.29, 0.717) is 6.08 Å². The van der Waals surface area contributed by atoms with Crippen molar-refractivity contribution in [3.05, 3.63) is 12.7 Å². The number of hydrogen-bond acceptors (Lipinski definition) is 3. The van der Waals surface area contributed by atoms with Crippen molar-refractivity contribution < 1.29 is 45.0 Å². The van der Waals surface area contributed by atoms with Gasteiger partial charge < -0.3 is 4.74 Å². The van der Waals surface area contributed by atoms with E-state index in [9.17, 15) is 35.5 Å². The molecule has 1 saturated heterocycles. The van der Waals surface area contributed by atoms with E-state index >= 15 is 0 Å². The van der Waals surface area contributed by atoms with Crippen LogP contribution in [0.5, 0.6) is 0 Å². The number of alkyl halides is 7. The molecule has 0 aliphatic carbocycles. The number of esters is 1. The minimum atomic E-state index is -6.07. The van der Waals surface area contributed by atoms with Gasteiger partial charge in [0.05, 0.1) is 0 Å². The van der Waals surface area contributed by atoms with Gasteiger partial charge in [-0.15, -0.1) is 0 Å². The number of halogens is 7. The van der Waals surface area contributed by atoms with Crippen LogP contribution in [0.1, 0.15) is 0 Å². The lowest BCUT2D eigenvalue weighted by Crippen LogP contribution is -2.54. The summed E-state index contributed by atoms with van der Waals surface area (Å²) in [7, 11) is 0. The Labute approximate surface area is 95.1 Å². The summed E-state index contributed by atoms with van der Waals surface area (Å²) in [5.74, 6) is -18.2. The van der Waals surface area contributed by atoms with E-state index in [2.05, 4.69) is 16.1 Å². The quantitative estimate of drug-likeness (QED) is 0.452. The molecule has 1 aliphatic heterocycles. The molecule has 0 amide bonds. The Hall–Kier alpha value is -1.32. The molecule has 18 heavy (non-hydrogen) atoms. The van der Waals surface area contributed by atoms with Gasteiger partial charge in [0.2, 0.25) is 0 Å². The maximum atomic E-state index is 13.3. The summed E-state index contributed by atoms with van der Waals surface area (Å²) in [5.41, 5.74) is 0. The van der Waals surface area contributed by atoms with E-state index in [1.165, 1.54) is 0 Å². The van der Waals surface area contributed by atoms with Gasteiger partial charge in [-0.3, -0.25) is 4.74 Å². The molecular weight excluding hydrogens is 277 g/mol. The molecule has 0 radical (unpaired) electrons. The molecule has 1 atom stereocenters. The van der Waals surface area contributed by atoms with E-state index in [1.54, 1.807) is 0 Å². The minimum absolute atomic E-state index is 0.396. The third kappa shape index (κ3) is 1.74. The third-order valence-corrected chi connectivity index (χ3v) is 2.09. The van der Waals surface area contributed by atoms with Gasteiger partial charge in [-0.05, 0) is 0 Å². The smallest absolute Gasteiger partial charge is 0.428 e. The zero-order chi connectivity index (χ0) is 14.4. The lowest BCUT2D eigenvalue weighted by atomic mass is 10.1. The van der Waals surface area contributed by atoms with E-state index in [0.717, 1.165) is 0 Å². The molecule has 1 fully saturated rings. The van der Waals surface area contributed by atoms with Gasteiger partial charge >= 0.3 is 29.8 Å². The van der Waals surface area contributed by atoms with Crippen molar-refractivity contribution in [2.75, 3.05) is 6.61 Å². The topological polar surface area (TPSA) is 35.5 Å². The van der Waals surface area contributed by atoms with Crippen LogP contribution in [0.4, 0.5) is 30.7 Å². The maximum Gasteiger partial charge on any atom is 0.428 e. The second-order valence-electron chi connectivity index (χ2n) is 3.31. The van der Waals surface area contributed by atoms with Crippen LogP contribution in [-0.2, 0) is 14.3 Å². The molecular formula is C8H5F7O3. The molecule has 0 aromatic heterocycles. The standard InChI is InChI=1S/C8H5F7O3/c1-2-4(16)17-3-5(9)6(10,11)7(12,13)8(14,15)18-5/h2H,1,3H2. The van der Waals surface area contributed by atoms with E-state index < -0.39 is 36.4 Å². The molecule has 1 rings (SSSR count). The molecule has 1 aliphatic rings. The Bertz CT molecular complexity index is 381. The molecule has 0 aromatic carbocycles. The highest BCUT2D eigenvalue weighted by molar-refractivity contribution is 5.81. The minimum Gasteiger partial charge on any atom is -0.456 e. The van der Waals surface area contributed by atoms with Gasteiger partial charge in [0, 0.05) is 6.08 Å². The predicted molar refractivity (Wildman–Crippen MR) is 40.9 cm³/mol. The van der Waals surface area contributed by atoms with Crippen LogP contribution in [0.2, 0.25) is 0 Å². The van der Waals surface area contributed by atoms with Crippen molar-refractivity contribution in [2.24, 2.45) is 0 Å². The first-order valence-corrected chi connectivity index (χ1v) is 4.23. The lowest BCUT2D eigenvalue weighted by Gasteiger charge is -2.25. The highest BCUT2D eigenvalue weighted by Crippen LogP contribution is 2.60. The molecule has 3 nitrogen and oxygen atoms in total. The number of rotatable bonds is 3. The summed E-state index contributed by atoms with van der Waals surface area (Å²) in [4.78, 5) is 10.5. The fourth-order valence-electron chi connectivity index (χ4n) is 1.09. The number of carbonyl (C=O) groups excluding carboxylic acids is 1. The van der Waals surface area contributed by atoms with Crippen LogP contribution in [0.3, 0.4) is 0 Å². The average Bonchev–Trinajstić information content (AvgIpc) is 2.32. The van der Waals surface area contributed by atoms with Crippen molar-refractivity contribution in [3.8, 4) is 0 Å². The molecule has 10 heteroatoms. The molecule has 1 unspecified atom stereocenters. The Morgan fingerprint density at radius 2 is 1.61 bits per heavy atom. The van der Waals surface area contributed by atoms with Gasteiger partial charge in [-0.25, -0.2) is 9.18 Å². The van der Waals surface area contributed by atoms with E-state index in [4.69, 9.17) is 0 Å². The normalized spacial score (nSPS) is 31.9. The number of carbonyl (C=O) groups is 1. The number of ether oxygens (including phenoxy) is 2. The summed E-state index contributed by atoms with van der Waals surface area (Å²) < 4.78 is 95.6. The second kappa shape index (κ2) is 3.84. The third-order valence-electron chi connectivity index (χ3n) is 2.09. The zero-order valence-electron chi connectivity index (χ0n) is 8.36. The van der Waals surface area contributed by atoms with Gasteiger partial charge in [-0.2, -0.15) is 26.3 Å². The molecule has 0 saturated carbocycles. The zero-order valence-corrected chi connectivity index (χ0v) is 8.36. The van der Waals surface area contributed by atoms with Crippen LogP contribution in [0.15, 0.2) is 12.7 Å². The van der Waals surface area contributed by atoms with E-state index in [-0.39, 0.29) is 0 Å². The molecule has 0 N–H and O–H groups in total. The first kappa shape index (κ1) is 14.7. The molecule has 104 valence electrons. The highest BCUT2D eigenvalue weighted by Gasteiger charge is 2.89. The van der Waals surface area contributed by atoms with E-state index in [1.807, 2.05) is 0 Å². The van der Waals surface area contributed by atoms with Gasteiger partial charge in [-0.1, -0.05) is 6.58 Å². The molecule has 0 aromatic rings. The second-order valence-corrected chi connectivity index (χ2v) is 3.31. The van der Waals surface area contributed by atoms with Crippen molar-refractivity contribution in [1.82, 2.24) is 0 Å². The summed E-state index contributed by atoms with van der Waals surface area (Å²) in [5, 5.41) is 0. The summed E-state index contributed by atoms with van der Waals surface area (Å²) in [6, 6.07) is 0. The summed E-state index contributed by atoms with van der Waals surface area (Å²) >= 11 is 0. The fraction of sp³-hybridized carbons (Fsp3) is 0.625. The van der Waals surface area contributed by atoms with Gasteiger partial charge in [0.15, 0.2) is 6.61 Å². The first-order valence-electron chi connectivity index (χ1n) is 4.23. The summed E-state index contributed by atoms with van der Waals surface area (Å²) in [6.45, 7) is 0.672.